The number of hydrogen-bond acceptors (Lipinski definition) is 6. The fraction of sp³-hybridized carbons (Fsp3) is 0.292. The number of benzene rings is 2. The number of nitrogens with zero attached hydrogens (tertiary/aromatic N) is 4. The molecule has 0 atom stereocenters. The normalized spacial score (nSPS) is 14.0. The molecule has 0 bridgehead atoms. The molecule has 0 saturated carbocycles. The SMILES string of the molecule is COc1ccc(-c2ccc(N3CCN(C(=O)Nc4ccccc4C(F)(F)F)CC3)nn2)cc1OC. The molecule has 0 aliphatic carbocycles. The fourth-order valence-corrected chi connectivity index (χ4v) is 3.82. The number of hydrogen-bond donors (Lipinski definition) is 1. The average Bonchev–Trinajstić information content (AvgIpc) is 2.88. The number of aromatic nitrogens is 2. The van der Waals surface area contributed by atoms with E-state index in [1.54, 1.807) is 20.3 Å². The lowest BCUT2D eigenvalue weighted by atomic mass is 10.1. The number of nitrogens with one attached hydrogen (secondary N) is 1. The van der Waals surface area contributed by atoms with Crippen LogP contribution in [0.1, 0.15) is 5.56 Å². The zero-order valence-corrected chi connectivity index (χ0v) is 19.2. The van der Waals surface area contributed by atoms with Gasteiger partial charge in [0.1, 0.15) is 0 Å². The summed E-state index contributed by atoms with van der Waals surface area (Å²) in [5, 5.41) is 11.0. The van der Waals surface area contributed by atoms with Gasteiger partial charge in [-0.3, -0.25) is 0 Å². The van der Waals surface area contributed by atoms with Crippen LogP contribution < -0.4 is 19.7 Å². The number of halogens is 3. The van der Waals surface area contributed by atoms with E-state index in [4.69, 9.17) is 9.47 Å². The Kier molecular flexibility index (Phi) is 6.94. The molecule has 8 nitrogen and oxygen atoms in total. The van der Waals surface area contributed by atoms with Gasteiger partial charge in [-0.2, -0.15) is 13.2 Å². The smallest absolute Gasteiger partial charge is 0.418 e. The number of ether oxygens (including phenoxy) is 2. The van der Waals surface area contributed by atoms with Crippen LogP contribution >= 0.6 is 0 Å². The van der Waals surface area contributed by atoms with Gasteiger partial charge < -0.3 is 24.6 Å². The molecule has 3 aromatic rings. The molecule has 2 amide bonds. The van der Waals surface area contributed by atoms with Crippen LogP contribution in [-0.4, -0.2) is 61.5 Å². The minimum Gasteiger partial charge on any atom is -0.493 e. The van der Waals surface area contributed by atoms with Crippen LogP contribution in [0, 0.1) is 0 Å². The van der Waals surface area contributed by atoms with E-state index in [-0.39, 0.29) is 5.69 Å². The molecule has 1 N–H and O–H groups in total. The van der Waals surface area contributed by atoms with Crippen LogP contribution in [0.2, 0.25) is 0 Å². The molecule has 35 heavy (non-hydrogen) atoms. The summed E-state index contributed by atoms with van der Waals surface area (Å²) in [4.78, 5) is 16.0. The second kappa shape index (κ2) is 10.1. The van der Waals surface area contributed by atoms with Crippen molar-refractivity contribution in [3.63, 3.8) is 0 Å². The van der Waals surface area contributed by atoms with E-state index in [0.717, 1.165) is 11.6 Å². The van der Waals surface area contributed by atoms with Crippen molar-refractivity contribution < 1.29 is 27.4 Å². The Morgan fingerprint density at radius 3 is 2.26 bits per heavy atom. The Morgan fingerprint density at radius 1 is 0.914 bits per heavy atom. The predicted molar refractivity (Wildman–Crippen MR) is 125 cm³/mol. The minimum absolute atomic E-state index is 0.260. The maximum Gasteiger partial charge on any atom is 0.418 e. The van der Waals surface area contributed by atoms with Crippen LogP contribution in [-0.2, 0) is 6.18 Å². The van der Waals surface area contributed by atoms with Crippen molar-refractivity contribution in [2.75, 3.05) is 50.6 Å². The molecule has 2 aromatic carbocycles. The number of carbonyl (C=O) groups is 1. The van der Waals surface area contributed by atoms with Crippen LogP contribution in [0.15, 0.2) is 54.6 Å². The molecule has 1 fully saturated rings. The zero-order chi connectivity index (χ0) is 25.0. The van der Waals surface area contributed by atoms with Gasteiger partial charge in [0.05, 0.1) is 31.2 Å². The molecule has 0 radical (unpaired) electrons. The van der Waals surface area contributed by atoms with Gasteiger partial charge in [-0.05, 0) is 42.5 Å². The van der Waals surface area contributed by atoms with Crippen molar-refractivity contribution in [2.45, 2.75) is 6.18 Å². The molecule has 11 heteroatoms. The molecule has 0 spiro atoms. The number of piperazine rings is 1. The quantitative estimate of drug-likeness (QED) is 0.570. The topological polar surface area (TPSA) is 79.8 Å². The number of amides is 2. The van der Waals surface area contributed by atoms with Gasteiger partial charge in [-0.15, -0.1) is 10.2 Å². The van der Waals surface area contributed by atoms with E-state index >= 15 is 0 Å². The van der Waals surface area contributed by atoms with Gasteiger partial charge in [-0.1, -0.05) is 12.1 Å². The van der Waals surface area contributed by atoms with Crippen LogP contribution in [0.5, 0.6) is 11.5 Å². The number of alkyl halides is 3. The van der Waals surface area contributed by atoms with Gasteiger partial charge in [0.15, 0.2) is 17.3 Å². The standard InChI is InChI=1S/C24H24F3N5O3/c1-34-20-9-7-16(15-21(20)35-2)18-8-10-22(30-29-18)31-11-13-32(14-12-31)23(33)28-19-6-4-3-5-17(19)24(25,26)27/h3-10,15H,11-14H2,1-2H3,(H,28,33). The van der Waals surface area contributed by atoms with Gasteiger partial charge in [0.25, 0.3) is 0 Å². The highest BCUT2D eigenvalue weighted by Gasteiger charge is 2.34. The van der Waals surface area contributed by atoms with Crippen molar-refractivity contribution in [3.8, 4) is 22.8 Å². The maximum atomic E-state index is 13.2. The van der Waals surface area contributed by atoms with Crippen LogP contribution in [0.25, 0.3) is 11.3 Å². The van der Waals surface area contributed by atoms with Crippen LogP contribution in [0.3, 0.4) is 0 Å². The molecular formula is C24H24F3N5O3. The lowest BCUT2D eigenvalue weighted by Gasteiger charge is -2.35. The molecule has 0 unspecified atom stereocenters. The van der Waals surface area contributed by atoms with Crippen molar-refractivity contribution in [1.29, 1.82) is 0 Å². The van der Waals surface area contributed by atoms with E-state index in [1.807, 2.05) is 29.2 Å². The predicted octanol–water partition coefficient (Wildman–Crippen LogP) is 4.53. The first-order valence-corrected chi connectivity index (χ1v) is 10.8. The molecule has 1 saturated heterocycles. The Hall–Kier alpha value is -4.02. The summed E-state index contributed by atoms with van der Waals surface area (Å²) >= 11 is 0. The van der Waals surface area contributed by atoms with Gasteiger partial charge >= 0.3 is 12.2 Å². The van der Waals surface area contributed by atoms with Gasteiger partial charge in [-0.25, -0.2) is 4.79 Å². The van der Waals surface area contributed by atoms with Crippen LogP contribution in [0.4, 0.5) is 29.5 Å². The van der Waals surface area contributed by atoms with Crippen molar-refractivity contribution in [1.82, 2.24) is 15.1 Å². The third-order valence-electron chi connectivity index (χ3n) is 5.69. The minimum atomic E-state index is -4.55. The number of para-hydroxylation sites is 1. The average molecular weight is 487 g/mol. The molecule has 4 rings (SSSR count). The lowest BCUT2D eigenvalue weighted by molar-refractivity contribution is -0.136. The summed E-state index contributed by atoms with van der Waals surface area (Å²) in [6.45, 7) is 1.61. The second-order valence-corrected chi connectivity index (χ2v) is 7.79. The molecule has 1 aliphatic rings. The largest absolute Gasteiger partial charge is 0.493 e. The Labute approximate surface area is 200 Å². The molecular weight excluding hydrogens is 463 g/mol. The zero-order valence-electron chi connectivity index (χ0n) is 19.2. The first-order chi connectivity index (χ1) is 16.8. The summed E-state index contributed by atoms with van der Waals surface area (Å²) in [5.41, 5.74) is 0.347. The number of methoxy groups -OCH3 is 2. The highest BCUT2D eigenvalue weighted by atomic mass is 19.4. The lowest BCUT2D eigenvalue weighted by Crippen LogP contribution is -2.50. The van der Waals surface area contributed by atoms with E-state index < -0.39 is 17.8 Å². The molecule has 1 aliphatic heterocycles. The summed E-state index contributed by atoms with van der Waals surface area (Å²) in [5.74, 6) is 1.85. The highest BCUT2D eigenvalue weighted by molar-refractivity contribution is 5.90. The molecule has 184 valence electrons. The molecule has 2 heterocycles. The van der Waals surface area contributed by atoms with E-state index in [1.165, 1.54) is 23.1 Å². The first kappa shape index (κ1) is 24.1. The Bertz CT molecular complexity index is 1180. The first-order valence-electron chi connectivity index (χ1n) is 10.8. The highest BCUT2D eigenvalue weighted by Crippen LogP contribution is 2.35. The summed E-state index contributed by atoms with van der Waals surface area (Å²) in [6.07, 6.45) is -4.55. The monoisotopic (exact) mass is 487 g/mol. The van der Waals surface area contributed by atoms with E-state index in [2.05, 4.69) is 15.5 Å². The summed E-state index contributed by atoms with van der Waals surface area (Å²) < 4.78 is 50.2. The Balaban J connectivity index is 1.37. The van der Waals surface area contributed by atoms with Crippen molar-refractivity contribution >= 4 is 17.5 Å². The van der Waals surface area contributed by atoms with E-state index in [0.29, 0.717) is 49.2 Å². The number of rotatable bonds is 5. The summed E-state index contributed by atoms with van der Waals surface area (Å²) in [7, 11) is 3.13. The van der Waals surface area contributed by atoms with Crippen molar-refractivity contribution in [3.05, 3.63) is 60.2 Å². The van der Waals surface area contributed by atoms with Gasteiger partial charge in [0, 0.05) is 31.7 Å². The Morgan fingerprint density at radius 2 is 1.63 bits per heavy atom. The number of anilines is 2. The number of carbonyl (C=O) groups excluding carboxylic acids is 1. The molecule has 1 aromatic heterocycles. The van der Waals surface area contributed by atoms with E-state index in [9.17, 15) is 18.0 Å². The third kappa shape index (κ3) is 5.39. The summed E-state index contributed by atoms with van der Waals surface area (Å²) in [6, 6.07) is 13.5. The fourth-order valence-electron chi connectivity index (χ4n) is 3.82. The maximum absolute atomic E-state index is 13.2. The second-order valence-electron chi connectivity index (χ2n) is 7.79. The third-order valence-corrected chi connectivity index (χ3v) is 5.69. The van der Waals surface area contributed by atoms with Gasteiger partial charge in [0.2, 0.25) is 0 Å². The van der Waals surface area contributed by atoms with Crippen molar-refractivity contribution in [2.24, 2.45) is 0 Å². The number of urea groups is 1.